The molecule has 0 fully saturated rings. The lowest BCUT2D eigenvalue weighted by atomic mass is 9.68. The summed E-state index contributed by atoms with van der Waals surface area (Å²) in [6.07, 6.45) is 3.77. The first kappa shape index (κ1) is 20.8. The average molecular weight is 500 g/mol. The van der Waals surface area contributed by atoms with Crippen molar-refractivity contribution in [1.82, 2.24) is 14.5 Å². The van der Waals surface area contributed by atoms with Crippen LogP contribution >= 0.6 is 0 Å². The van der Waals surface area contributed by atoms with Gasteiger partial charge in [-0.2, -0.15) is 0 Å². The highest BCUT2D eigenvalue weighted by molar-refractivity contribution is 6.30. The minimum atomic E-state index is -0.757. The summed E-state index contributed by atoms with van der Waals surface area (Å²) in [5.74, 6) is 0. The van der Waals surface area contributed by atoms with E-state index in [0.29, 0.717) is 0 Å². The Kier molecular flexibility index (Phi) is 3.96. The maximum atomic E-state index is 6.55. The standard InChI is InChI=1S/C35H21N3O/c1-2-10-22(11-3-1)38-25-14-8-12-23-31(25)33-26(38)18-19-28-34(33)32-24(13-9-15-27(32)39-28)35(23,29-16-4-6-20-36-29)30-17-5-7-21-37-30/h1-21H. The zero-order valence-electron chi connectivity index (χ0n) is 20.9. The van der Waals surface area contributed by atoms with Gasteiger partial charge in [0.2, 0.25) is 0 Å². The Morgan fingerprint density at radius 2 is 1.13 bits per heavy atom. The first-order valence-corrected chi connectivity index (χ1v) is 13.2. The number of hydrogen-bond donors (Lipinski definition) is 0. The molecule has 0 unspecified atom stereocenters. The fraction of sp³-hybridized carbons (Fsp3) is 0.0286. The first-order valence-electron chi connectivity index (χ1n) is 13.2. The van der Waals surface area contributed by atoms with Crippen LogP contribution in [0.15, 0.2) is 132 Å². The third-order valence-corrected chi connectivity index (χ3v) is 8.34. The van der Waals surface area contributed by atoms with Gasteiger partial charge in [-0.1, -0.05) is 54.6 Å². The van der Waals surface area contributed by atoms with Crippen LogP contribution in [0, 0.1) is 0 Å². The molecule has 4 aromatic heterocycles. The second kappa shape index (κ2) is 7.42. The number of benzene rings is 4. The second-order valence-electron chi connectivity index (χ2n) is 10.2. The zero-order valence-corrected chi connectivity index (χ0v) is 20.9. The molecule has 8 aromatic rings. The normalized spacial score (nSPS) is 13.8. The maximum absolute atomic E-state index is 6.55. The molecule has 4 nitrogen and oxygen atoms in total. The monoisotopic (exact) mass is 499 g/mol. The van der Waals surface area contributed by atoms with Gasteiger partial charge < -0.3 is 8.98 Å². The van der Waals surface area contributed by atoms with Gasteiger partial charge in [-0.25, -0.2) is 0 Å². The summed E-state index contributed by atoms with van der Waals surface area (Å²) in [6, 6.07) is 40.3. The van der Waals surface area contributed by atoms with Crippen LogP contribution in [0.4, 0.5) is 0 Å². The topological polar surface area (TPSA) is 43.9 Å². The highest BCUT2D eigenvalue weighted by Gasteiger charge is 2.46. The minimum Gasteiger partial charge on any atom is -0.456 e. The fourth-order valence-corrected chi connectivity index (χ4v) is 6.93. The molecule has 0 saturated heterocycles. The van der Waals surface area contributed by atoms with Crippen LogP contribution in [0.2, 0.25) is 0 Å². The molecule has 1 aliphatic carbocycles. The molecule has 0 saturated carbocycles. The van der Waals surface area contributed by atoms with Gasteiger partial charge in [0, 0.05) is 39.6 Å². The molecule has 4 heteroatoms. The van der Waals surface area contributed by atoms with Gasteiger partial charge in [-0.05, 0) is 71.8 Å². The Morgan fingerprint density at radius 3 is 1.85 bits per heavy atom. The summed E-state index contributed by atoms with van der Waals surface area (Å²) in [6.45, 7) is 0. The Hall–Kier alpha value is -5.22. The molecule has 4 aromatic carbocycles. The van der Waals surface area contributed by atoms with E-state index < -0.39 is 5.41 Å². The van der Waals surface area contributed by atoms with Gasteiger partial charge in [-0.3, -0.25) is 9.97 Å². The average Bonchev–Trinajstić information content (AvgIpc) is 3.51. The van der Waals surface area contributed by atoms with E-state index in [4.69, 9.17) is 14.4 Å². The van der Waals surface area contributed by atoms with Crippen LogP contribution in [0.25, 0.3) is 49.4 Å². The lowest BCUT2D eigenvalue weighted by molar-refractivity contribution is 0.665. The number of para-hydroxylation sites is 1. The lowest BCUT2D eigenvalue weighted by Crippen LogP contribution is -2.33. The molecule has 9 rings (SSSR count). The van der Waals surface area contributed by atoms with Crippen molar-refractivity contribution in [3.63, 3.8) is 0 Å². The van der Waals surface area contributed by atoms with E-state index in [0.717, 1.165) is 55.6 Å². The molecular weight excluding hydrogens is 478 g/mol. The van der Waals surface area contributed by atoms with Gasteiger partial charge in [0.1, 0.15) is 16.6 Å². The smallest absolute Gasteiger partial charge is 0.136 e. The van der Waals surface area contributed by atoms with Crippen molar-refractivity contribution in [1.29, 1.82) is 0 Å². The first-order chi connectivity index (χ1) is 19.4. The van der Waals surface area contributed by atoms with Crippen molar-refractivity contribution < 1.29 is 4.42 Å². The molecule has 0 radical (unpaired) electrons. The quantitative estimate of drug-likeness (QED) is 0.246. The van der Waals surface area contributed by atoms with Crippen molar-refractivity contribution >= 4 is 43.7 Å². The van der Waals surface area contributed by atoms with Crippen LogP contribution in [0.5, 0.6) is 0 Å². The fourth-order valence-electron chi connectivity index (χ4n) is 6.93. The van der Waals surface area contributed by atoms with E-state index in [2.05, 4.69) is 108 Å². The molecule has 0 spiro atoms. The summed E-state index contributed by atoms with van der Waals surface area (Å²) in [4.78, 5) is 10.1. The summed E-state index contributed by atoms with van der Waals surface area (Å²) in [5.41, 5.74) is 8.64. The van der Waals surface area contributed by atoms with Crippen LogP contribution in [0.3, 0.4) is 0 Å². The predicted octanol–water partition coefficient (Wildman–Crippen LogP) is 8.17. The summed E-state index contributed by atoms with van der Waals surface area (Å²) in [7, 11) is 0. The molecule has 0 aliphatic heterocycles. The summed E-state index contributed by atoms with van der Waals surface area (Å²) in [5, 5.41) is 4.69. The zero-order chi connectivity index (χ0) is 25.6. The Labute approximate surface area is 223 Å². The molecule has 182 valence electrons. The van der Waals surface area contributed by atoms with Gasteiger partial charge in [0.15, 0.2) is 0 Å². The lowest BCUT2D eigenvalue weighted by Gasteiger charge is -2.35. The largest absolute Gasteiger partial charge is 0.456 e. The van der Waals surface area contributed by atoms with Crippen LogP contribution in [0.1, 0.15) is 22.5 Å². The van der Waals surface area contributed by atoms with E-state index in [1.54, 1.807) is 0 Å². The molecule has 0 bridgehead atoms. The van der Waals surface area contributed by atoms with Crippen molar-refractivity contribution in [2.24, 2.45) is 0 Å². The Morgan fingerprint density at radius 1 is 0.487 bits per heavy atom. The van der Waals surface area contributed by atoms with E-state index >= 15 is 0 Å². The third-order valence-electron chi connectivity index (χ3n) is 8.34. The van der Waals surface area contributed by atoms with Gasteiger partial charge in [0.25, 0.3) is 0 Å². The maximum Gasteiger partial charge on any atom is 0.136 e. The molecular formula is C35H21N3O. The number of furan rings is 1. The molecule has 1 aliphatic rings. The predicted molar refractivity (Wildman–Crippen MR) is 156 cm³/mol. The van der Waals surface area contributed by atoms with Gasteiger partial charge in [-0.15, -0.1) is 0 Å². The SMILES string of the molecule is c1ccc(-n2c3cccc4c3c3c5c(ccc32)oc2cccc(c25)C4(c2ccccn2)c2ccccn2)cc1. The molecule has 0 N–H and O–H groups in total. The van der Waals surface area contributed by atoms with E-state index in [9.17, 15) is 0 Å². The van der Waals surface area contributed by atoms with Crippen molar-refractivity contribution in [2.75, 3.05) is 0 Å². The Balaban J connectivity index is 1.64. The minimum absolute atomic E-state index is 0.757. The number of hydrogen-bond acceptors (Lipinski definition) is 3. The summed E-state index contributed by atoms with van der Waals surface area (Å²) >= 11 is 0. The van der Waals surface area contributed by atoms with Crippen molar-refractivity contribution in [2.45, 2.75) is 5.41 Å². The van der Waals surface area contributed by atoms with E-state index in [1.807, 2.05) is 24.5 Å². The molecule has 39 heavy (non-hydrogen) atoms. The Bertz CT molecular complexity index is 2170. The van der Waals surface area contributed by atoms with Crippen molar-refractivity contribution in [3.05, 3.63) is 150 Å². The number of nitrogens with zero attached hydrogens (tertiary/aromatic N) is 3. The van der Waals surface area contributed by atoms with Gasteiger partial charge >= 0.3 is 0 Å². The highest BCUT2D eigenvalue weighted by atomic mass is 16.3. The van der Waals surface area contributed by atoms with E-state index in [1.165, 1.54) is 16.3 Å². The number of rotatable bonds is 3. The van der Waals surface area contributed by atoms with Gasteiger partial charge in [0.05, 0.1) is 22.4 Å². The molecule has 4 heterocycles. The number of aromatic nitrogens is 3. The van der Waals surface area contributed by atoms with Crippen LogP contribution in [-0.4, -0.2) is 14.5 Å². The summed E-state index contributed by atoms with van der Waals surface area (Å²) < 4.78 is 8.93. The number of pyridine rings is 2. The van der Waals surface area contributed by atoms with Crippen LogP contribution < -0.4 is 0 Å². The molecule has 0 amide bonds. The highest BCUT2D eigenvalue weighted by Crippen LogP contribution is 2.55. The molecule has 0 atom stereocenters. The second-order valence-corrected chi connectivity index (χ2v) is 10.2. The van der Waals surface area contributed by atoms with E-state index in [-0.39, 0.29) is 0 Å². The third kappa shape index (κ3) is 2.49. The van der Waals surface area contributed by atoms with Crippen LogP contribution in [-0.2, 0) is 5.41 Å². The van der Waals surface area contributed by atoms with Crippen molar-refractivity contribution in [3.8, 4) is 5.69 Å².